The molecule has 25 heavy (non-hydrogen) atoms. The largest absolute Gasteiger partial charge is 0.480 e. The fourth-order valence-corrected chi connectivity index (χ4v) is 4.07. The highest BCUT2D eigenvalue weighted by atomic mass is 16.5. The maximum absolute atomic E-state index is 13.1. The zero-order valence-corrected chi connectivity index (χ0v) is 15.1. The molecule has 2 aromatic heterocycles. The number of amides is 1. The van der Waals surface area contributed by atoms with E-state index >= 15 is 0 Å². The second-order valence-corrected chi connectivity index (χ2v) is 7.07. The number of hydrogen-bond acceptors (Lipinski definition) is 4. The van der Waals surface area contributed by atoms with Gasteiger partial charge in [0.15, 0.2) is 0 Å². The molecule has 4 rings (SSSR count). The zero-order valence-electron chi connectivity index (χ0n) is 15.1. The van der Waals surface area contributed by atoms with Crippen LogP contribution in [0.15, 0.2) is 12.1 Å². The highest BCUT2D eigenvalue weighted by Crippen LogP contribution is 2.30. The van der Waals surface area contributed by atoms with E-state index in [1.807, 2.05) is 17.9 Å². The van der Waals surface area contributed by atoms with Gasteiger partial charge in [-0.15, -0.1) is 0 Å². The van der Waals surface area contributed by atoms with Gasteiger partial charge in [0.1, 0.15) is 5.56 Å². The standard InChI is InChI=1S/C19H24N4O2/c1-12-9-13(2)23(21-12)15-7-8-22(11-15)19(24)16-10-14-5-4-6-17(14)20-18(16)25-3/h9-10,15H,4-8,11H2,1-3H3. The van der Waals surface area contributed by atoms with Gasteiger partial charge in [-0.05, 0) is 57.2 Å². The van der Waals surface area contributed by atoms with Crippen LogP contribution in [-0.2, 0) is 12.8 Å². The number of nitrogens with zero attached hydrogens (tertiary/aromatic N) is 4. The van der Waals surface area contributed by atoms with Gasteiger partial charge in [-0.25, -0.2) is 4.98 Å². The Bertz CT molecular complexity index is 827. The summed E-state index contributed by atoms with van der Waals surface area (Å²) in [5.41, 5.74) is 5.03. The van der Waals surface area contributed by atoms with Crippen LogP contribution in [0.5, 0.6) is 5.88 Å². The average Bonchev–Trinajstić information content (AvgIpc) is 3.31. The van der Waals surface area contributed by atoms with Gasteiger partial charge in [-0.3, -0.25) is 9.48 Å². The van der Waals surface area contributed by atoms with Gasteiger partial charge in [-0.2, -0.15) is 5.10 Å². The summed E-state index contributed by atoms with van der Waals surface area (Å²) >= 11 is 0. The van der Waals surface area contributed by atoms with Crippen LogP contribution >= 0.6 is 0 Å². The zero-order chi connectivity index (χ0) is 17.6. The van der Waals surface area contributed by atoms with Crippen molar-refractivity contribution in [2.75, 3.05) is 20.2 Å². The Balaban J connectivity index is 1.57. The first-order valence-electron chi connectivity index (χ1n) is 8.95. The number of aromatic nitrogens is 3. The SMILES string of the molecule is COc1nc2c(cc1C(=O)N1CCC(n3nc(C)cc3C)C1)CCC2. The Hall–Kier alpha value is -2.37. The monoisotopic (exact) mass is 340 g/mol. The summed E-state index contributed by atoms with van der Waals surface area (Å²) in [4.78, 5) is 19.5. The lowest BCUT2D eigenvalue weighted by atomic mass is 10.1. The highest BCUT2D eigenvalue weighted by Gasteiger charge is 2.31. The van der Waals surface area contributed by atoms with E-state index in [4.69, 9.17) is 4.74 Å². The molecule has 6 heteroatoms. The van der Waals surface area contributed by atoms with Crippen molar-refractivity contribution in [1.29, 1.82) is 0 Å². The lowest BCUT2D eigenvalue weighted by molar-refractivity contribution is 0.0782. The van der Waals surface area contributed by atoms with E-state index in [2.05, 4.69) is 27.8 Å². The summed E-state index contributed by atoms with van der Waals surface area (Å²) in [6, 6.07) is 4.32. The molecular weight excluding hydrogens is 316 g/mol. The number of carbonyl (C=O) groups is 1. The third-order valence-corrected chi connectivity index (χ3v) is 5.28. The van der Waals surface area contributed by atoms with Crippen molar-refractivity contribution in [2.24, 2.45) is 0 Å². The smallest absolute Gasteiger partial charge is 0.259 e. The summed E-state index contributed by atoms with van der Waals surface area (Å²) in [5, 5.41) is 4.58. The minimum Gasteiger partial charge on any atom is -0.480 e. The molecular formula is C19H24N4O2. The predicted molar refractivity (Wildman–Crippen MR) is 94.1 cm³/mol. The Kier molecular flexibility index (Phi) is 3.98. The van der Waals surface area contributed by atoms with Gasteiger partial charge in [0.05, 0.1) is 18.8 Å². The van der Waals surface area contributed by atoms with Gasteiger partial charge in [0, 0.05) is 24.5 Å². The van der Waals surface area contributed by atoms with E-state index in [1.165, 1.54) is 5.56 Å². The van der Waals surface area contributed by atoms with Crippen molar-refractivity contribution in [3.8, 4) is 5.88 Å². The Morgan fingerprint density at radius 2 is 2.12 bits per heavy atom. The van der Waals surface area contributed by atoms with E-state index in [0.717, 1.165) is 49.3 Å². The molecule has 2 aliphatic rings. The number of methoxy groups -OCH3 is 1. The van der Waals surface area contributed by atoms with E-state index in [-0.39, 0.29) is 11.9 Å². The molecule has 1 atom stereocenters. The number of ether oxygens (including phenoxy) is 1. The Morgan fingerprint density at radius 3 is 2.84 bits per heavy atom. The van der Waals surface area contributed by atoms with Crippen LogP contribution in [0.1, 0.15) is 51.9 Å². The Morgan fingerprint density at radius 1 is 1.28 bits per heavy atom. The molecule has 1 amide bonds. The molecule has 0 N–H and O–H groups in total. The maximum atomic E-state index is 13.1. The number of aryl methyl sites for hydroxylation is 4. The lowest BCUT2D eigenvalue weighted by Crippen LogP contribution is -2.30. The van der Waals surface area contributed by atoms with Crippen molar-refractivity contribution in [3.05, 3.63) is 40.3 Å². The van der Waals surface area contributed by atoms with E-state index in [9.17, 15) is 4.79 Å². The predicted octanol–water partition coefficient (Wildman–Crippen LogP) is 2.48. The van der Waals surface area contributed by atoms with Crippen molar-refractivity contribution in [2.45, 2.75) is 45.6 Å². The van der Waals surface area contributed by atoms with Gasteiger partial charge >= 0.3 is 0 Å². The lowest BCUT2D eigenvalue weighted by Gasteiger charge is -2.19. The first-order valence-corrected chi connectivity index (χ1v) is 8.95. The fraction of sp³-hybridized carbons (Fsp3) is 0.526. The molecule has 1 saturated heterocycles. The summed E-state index contributed by atoms with van der Waals surface area (Å²) in [6.45, 7) is 5.49. The number of pyridine rings is 1. The quantitative estimate of drug-likeness (QED) is 0.861. The molecule has 0 saturated carbocycles. The highest BCUT2D eigenvalue weighted by molar-refractivity contribution is 5.96. The molecule has 1 fully saturated rings. The van der Waals surface area contributed by atoms with Gasteiger partial charge < -0.3 is 9.64 Å². The van der Waals surface area contributed by atoms with Crippen molar-refractivity contribution < 1.29 is 9.53 Å². The number of hydrogen-bond donors (Lipinski definition) is 0. The summed E-state index contributed by atoms with van der Waals surface area (Å²) < 4.78 is 7.47. The molecule has 0 spiro atoms. The third-order valence-electron chi connectivity index (χ3n) is 5.28. The van der Waals surface area contributed by atoms with Crippen LogP contribution in [0.4, 0.5) is 0 Å². The second kappa shape index (κ2) is 6.17. The summed E-state index contributed by atoms with van der Waals surface area (Å²) in [6.07, 6.45) is 4.01. The number of likely N-dealkylation sites (tertiary alicyclic amines) is 1. The fourth-order valence-electron chi connectivity index (χ4n) is 4.07. The van der Waals surface area contributed by atoms with Gasteiger partial charge in [0.25, 0.3) is 5.91 Å². The van der Waals surface area contributed by atoms with Crippen molar-refractivity contribution in [1.82, 2.24) is 19.7 Å². The third kappa shape index (κ3) is 2.79. The molecule has 2 aromatic rings. The van der Waals surface area contributed by atoms with Crippen LogP contribution in [0.2, 0.25) is 0 Å². The van der Waals surface area contributed by atoms with E-state index in [0.29, 0.717) is 18.0 Å². The summed E-state index contributed by atoms with van der Waals surface area (Å²) in [5.74, 6) is 0.475. The molecule has 132 valence electrons. The first kappa shape index (κ1) is 16.1. The molecule has 1 unspecified atom stereocenters. The normalized spacial score (nSPS) is 19.3. The molecule has 1 aliphatic heterocycles. The van der Waals surface area contributed by atoms with Crippen LogP contribution < -0.4 is 4.74 Å². The van der Waals surface area contributed by atoms with Gasteiger partial charge in [0.2, 0.25) is 5.88 Å². The second-order valence-electron chi connectivity index (χ2n) is 7.07. The van der Waals surface area contributed by atoms with Crippen molar-refractivity contribution >= 4 is 5.91 Å². The minimum absolute atomic E-state index is 0.0167. The van der Waals surface area contributed by atoms with Crippen molar-refractivity contribution in [3.63, 3.8) is 0 Å². The Labute approximate surface area is 147 Å². The number of rotatable bonds is 3. The van der Waals surface area contributed by atoms with Crippen LogP contribution in [0, 0.1) is 13.8 Å². The maximum Gasteiger partial charge on any atom is 0.259 e. The molecule has 0 radical (unpaired) electrons. The van der Waals surface area contributed by atoms with Crippen LogP contribution in [-0.4, -0.2) is 45.8 Å². The molecule has 6 nitrogen and oxygen atoms in total. The number of fused-ring (bicyclic) bond motifs is 1. The molecule has 0 bridgehead atoms. The average molecular weight is 340 g/mol. The number of carbonyl (C=O) groups excluding carboxylic acids is 1. The minimum atomic E-state index is 0.0167. The van der Waals surface area contributed by atoms with Gasteiger partial charge in [-0.1, -0.05) is 0 Å². The molecule has 0 aromatic carbocycles. The molecule has 3 heterocycles. The first-order chi connectivity index (χ1) is 12.1. The topological polar surface area (TPSA) is 60.2 Å². The van der Waals surface area contributed by atoms with Crippen LogP contribution in [0.3, 0.4) is 0 Å². The van der Waals surface area contributed by atoms with E-state index < -0.39 is 0 Å². The summed E-state index contributed by atoms with van der Waals surface area (Å²) in [7, 11) is 1.59. The molecule has 1 aliphatic carbocycles. The van der Waals surface area contributed by atoms with Crippen LogP contribution in [0.25, 0.3) is 0 Å². The van der Waals surface area contributed by atoms with E-state index in [1.54, 1.807) is 7.11 Å².